The average molecular weight is 288 g/mol. The third-order valence-electron chi connectivity index (χ3n) is 2.09. The Kier molecular flexibility index (Phi) is 3.14. The number of anilines is 2. The first-order valence-corrected chi connectivity index (χ1v) is 6.68. The fourth-order valence-electron chi connectivity index (χ4n) is 1.34. The molecule has 2 heterocycles. The molecule has 0 saturated carbocycles. The molecule has 0 aliphatic heterocycles. The maximum absolute atomic E-state index is 12.0. The van der Waals surface area contributed by atoms with E-state index >= 15 is 0 Å². The van der Waals surface area contributed by atoms with Gasteiger partial charge in [0, 0.05) is 13.2 Å². The Morgan fingerprint density at radius 3 is 2.67 bits per heavy atom. The first-order valence-electron chi connectivity index (χ1n) is 4.82. The van der Waals surface area contributed by atoms with Gasteiger partial charge >= 0.3 is 0 Å². The number of hydrogen-bond acceptors (Lipinski definition) is 5. The van der Waals surface area contributed by atoms with Crippen LogP contribution in [-0.4, -0.2) is 23.2 Å². The van der Waals surface area contributed by atoms with Gasteiger partial charge in [0.1, 0.15) is 10.0 Å². The topological polar surface area (TPSA) is 103 Å². The summed E-state index contributed by atoms with van der Waals surface area (Å²) in [4.78, 5) is 3.69. The van der Waals surface area contributed by atoms with E-state index in [1.54, 1.807) is 7.05 Å². The van der Waals surface area contributed by atoms with Crippen molar-refractivity contribution in [3.8, 4) is 0 Å². The zero-order valence-corrected chi connectivity index (χ0v) is 10.9. The van der Waals surface area contributed by atoms with Crippen LogP contribution in [-0.2, 0) is 17.1 Å². The van der Waals surface area contributed by atoms with Crippen molar-refractivity contribution in [1.82, 2.24) is 14.8 Å². The third kappa shape index (κ3) is 2.54. The van der Waals surface area contributed by atoms with E-state index in [2.05, 4.69) is 14.8 Å². The summed E-state index contributed by atoms with van der Waals surface area (Å²) in [6.45, 7) is 0. The molecule has 0 radical (unpaired) electrons. The van der Waals surface area contributed by atoms with Gasteiger partial charge in [-0.25, -0.2) is 13.4 Å². The number of nitrogens with two attached hydrogens (primary N) is 1. The summed E-state index contributed by atoms with van der Waals surface area (Å²) in [6.07, 6.45) is 2.63. The highest BCUT2D eigenvalue weighted by atomic mass is 35.5. The van der Waals surface area contributed by atoms with Gasteiger partial charge in [-0.05, 0) is 12.1 Å². The van der Waals surface area contributed by atoms with Crippen molar-refractivity contribution in [2.75, 3.05) is 10.5 Å². The van der Waals surface area contributed by atoms with Crippen molar-refractivity contribution < 1.29 is 8.42 Å². The Hall–Kier alpha value is -1.80. The molecule has 7 nitrogen and oxygen atoms in total. The summed E-state index contributed by atoms with van der Waals surface area (Å²) >= 11 is 5.61. The molecule has 0 spiro atoms. The van der Waals surface area contributed by atoms with E-state index in [0.29, 0.717) is 5.69 Å². The molecule has 2 rings (SSSR count). The molecule has 0 saturated heterocycles. The second-order valence-corrected chi connectivity index (χ2v) is 5.57. The lowest BCUT2D eigenvalue weighted by molar-refractivity contribution is 0.601. The summed E-state index contributed by atoms with van der Waals surface area (Å²) in [5.74, 6) is -0.0630. The van der Waals surface area contributed by atoms with Gasteiger partial charge in [-0.2, -0.15) is 5.10 Å². The van der Waals surface area contributed by atoms with Crippen molar-refractivity contribution in [3.05, 3.63) is 29.7 Å². The van der Waals surface area contributed by atoms with Gasteiger partial charge in [-0.1, -0.05) is 11.6 Å². The third-order valence-corrected chi connectivity index (χ3v) is 3.71. The monoisotopic (exact) mass is 287 g/mol. The second kappa shape index (κ2) is 4.46. The van der Waals surface area contributed by atoms with Crippen molar-refractivity contribution in [3.63, 3.8) is 0 Å². The predicted molar refractivity (Wildman–Crippen MR) is 67.7 cm³/mol. The van der Waals surface area contributed by atoms with E-state index in [9.17, 15) is 8.42 Å². The number of sulfonamides is 1. The van der Waals surface area contributed by atoms with Gasteiger partial charge in [0.05, 0.1) is 11.9 Å². The fourth-order valence-corrected chi connectivity index (χ4v) is 2.60. The van der Waals surface area contributed by atoms with Crippen LogP contribution >= 0.6 is 11.6 Å². The Labute approximate surface area is 109 Å². The molecule has 0 aliphatic carbocycles. The zero-order valence-electron chi connectivity index (χ0n) is 9.33. The molecule has 3 N–H and O–H groups in total. The van der Waals surface area contributed by atoms with Gasteiger partial charge < -0.3 is 5.73 Å². The minimum Gasteiger partial charge on any atom is -0.381 e. The fraction of sp³-hybridized carbons (Fsp3) is 0.111. The molecule has 0 atom stereocenters. The van der Waals surface area contributed by atoms with E-state index in [0.717, 1.165) is 0 Å². The Bertz CT molecular complexity index is 665. The van der Waals surface area contributed by atoms with Crippen LogP contribution in [0.15, 0.2) is 29.4 Å². The first-order chi connectivity index (χ1) is 8.38. The number of aryl methyl sites for hydroxylation is 1. The lowest BCUT2D eigenvalue weighted by Crippen LogP contribution is -2.14. The number of nitrogen functional groups attached to an aromatic ring is 1. The Balaban J connectivity index is 2.33. The van der Waals surface area contributed by atoms with Gasteiger partial charge in [0.25, 0.3) is 10.0 Å². The molecule has 0 bridgehead atoms. The van der Waals surface area contributed by atoms with E-state index in [1.807, 2.05) is 0 Å². The minimum atomic E-state index is -3.78. The number of hydrogen-bond donors (Lipinski definition) is 2. The Morgan fingerprint density at radius 1 is 1.44 bits per heavy atom. The number of rotatable bonds is 3. The predicted octanol–water partition coefficient (Wildman–Crippen LogP) is 0.852. The van der Waals surface area contributed by atoms with Crippen LogP contribution in [0.1, 0.15) is 0 Å². The highest BCUT2D eigenvalue weighted by molar-refractivity contribution is 7.92. The molecule has 96 valence electrons. The number of halogens is 1. The summed E-state index contributed by atoms with van der Waals surface area (Å²) in [6, 6.07) is 2.98. The van der Waals surface area contributed by atoms with Crippen LogP contribution in [0.3, 0.4) is 0 Å². The summed E-state index contributed by atoms with van der Waals surface area (Å²) in [5, 5.41) is 4.05. The average Bonchev–Trinajstić information content (AvgIpc) is 2.62. The number of nitrogens with one attached hydrogen (secondary N) is 1. The highest BCUT2D eigenvalue weighted by Crippen LogP contribution is 2.20. The summed E-state index contributed by atoms with van der Waals surface area (Å²) < 4.78 is 27.7. The number of pyridine rings is 1. The van der Waals surface area contributed by atoms with E-state index in [1.165, 1.54) is 29.2 Å². The van der Waals surface area contributed by atoms with Gasteiger partial charge in [-0.15, -0.1) is 0 Å². The second-order valence-electron chi connectivity index (χ2n) is 3.53. The van der Waals surface area contributed by atoms with Crippen LogP contribution in [0.4, 0.5) is 11.5 Å². The number of nitrogens with zero attached hydrogens (tertiary/aromatic N) is 3. The quantitative estimate of drug-likeness (QED) is 0.815. The van der Waals surface area contributed by atoms with Crippen LogP contribution in [0.5, 0.6) is 0 Å². The van der Waals surface area contributed by atoms with E-state index in [4.69, 9.17) is 17.3 Å². The van der Waals surface area contributed by atoms with Gasteiger partial charge in [0.2, 0.25) is 0 Å². The van der Waals surface area contributed by atoms with Crippen molar-refractivity contribution in [1.29, 1.82) is 0 Å². The van der Waals surface area contributed by atoms with Crippen LogP contribution in [0, 0.1) is 0 Å². The van der Waals surface area contributed by atoms with Crippen molar-refractivity contribution in [2.45, 2.75) is 4.90 Å². The lowest BCUT2D eigenvalue weighted by Gasteiger charge is -2.06. The molecule has 0 aliphatic rings. The van der Waals surface area contributed by atoms with Gasteiger partial charge in [0.15, 0.2) is 5.82 Å². The molecule has 0 fully saturated rings. The van der Waals surface area contributed by atoms with Crippen molar-refractivity contribution >= 4 is 33.1 Å². The molecule has 0 unspecified atom stereocenters. The van der Waals surface area contributed by atoms with Crippen LogP contribution in [0.2, 0.25) is 5.15 Å². The largest absolute Gasteiger partial charge is 0.381 e. The molecule has 0 aromatic carbocycles. The maximum atomic E-state index is 12.0. The normalized spacial score (nSPS) is 11.4. The van der Waals surface area contributed by atoms with Crippen LogP contribution in [0.25, 0.3) is 0 Å². The smallest absolute Gasteiger partial charge is 0.267 e. The Morgan fingerprint density at radius 2 is 2.17 bits per heavy atom. The molecular formula is C9H10ClN5O2S. The maximum Gasteiger partial charge on any atom is 0.267 e. The standard InChI is InChI=1S/C9H10ClN5O2S/c1-15-5-7(9(11)13-15)18(16,17)14-6-2-3-8(10)12-4-6/h2-5,14H,1H3,(H2,11,13). The van der Waals surface area contributed by atoms with Crippen molar-refractivity contribution in [2.24, 2.45) is 7.05 Å². The molecule has 18 heavy (non-hydrogen) atoms. The van der Waals surface area contributed by atoms with E-state index in [-0.39, 0.29) is 15.9 Å². The lowest BCUT2D eigenvalue weighted by atomic mass is 10.4. The minimum absolute atomic E-state index is 0.0630. The highest BCUT2D eigenvalue weighted by Gasteiger charge is 2.20. The van der Waals surface area contributed by atoms with Gasteiger partial charge in [-0.3, -0.25) is 9.40 Å². The molecule has 2 aromatic rings. The first kappa shape index (κ1) is 12.7. The molecule has 2 aromatic heterocycles. The molecular weight excluding hydrogens is 278 g/mol. The summed E-state index contributed by atoms with van der Waals surface area (Å²) in [5.41, 5.74) is 5.81. The molecule has 0 amide bonds. The molecule has 9 heteroatoms. The number of aromatic nitrogens is 3. The summed E-state index contributed by atoms with van der Waals surface area (Å²) in [7, 11) is -2.19. The zero-order chi connectivity index (χ0) is 13.3. The van der Waals surface area contributed by atoms with E-state index < -0.39 is 10.0 Å². The SMILES string of the molecule is Cn1cc(S(=O)(=O)Nc2ccc(Cl)nc2)c(N)n1. The van der Waals surface area contributed by atoms with Crippen LogP contribution < -0.4 is 10.5 Å².